The molecule has 0 aromatic heterocycles. The van der Waals surface area contributed by atoms with Crippen LogP contribution in [0.2, 0.25) is 0 Å². The highest BCUT2D eigenvalue weighted by Gasteiger charge is 2.44. The van der Waals surface area contributed by atoms with Gasteiger partial charge in [0.05, 0.1) is 5.60 Å². The molecule has 2 heterocycles. The molecule has 4 nitrogen and oxygen atoms in total. The lowest BCUT2D eigenvalue weighted by molar-refractivity contribution is -0.215. The third-order valence-corrected chi connectivity index (χ3v) is 7.98. The SMILES string of the molecule is O[C@H]1Cc2ccccc2C2(CCC(N3CCN(C4CCCCC4)CC3)CC2)O1. The van der Waals surface area contributed by atoms with Gasteiger partial charge in [-0.1, -0.05) is 43.5 Å². The maximum absolute atomic E-state index is 10.3. The van der Waals surface area contributed by atoms with Crippen LogP contribution >= 0.6 is 0 Å². The van der Waals surface area contributed by atoms with Crippen LogP contribution in [0.1, 0.15) is 68.9 Å². The van der Waals surface area contributed by atoms with Crippen molar-refractivity contribution in [2.75, 3.05) is 26.2 Å². The third-order valence-electron chi connectivity index (χ3n) is 7.98. The van der Waals surface area contributed by atoms with Gasteiger partial charge in [0.2, 0.25) is 0 Å². The van der Waals surface area contributed by atoms with Crippen molar-refractivity contribution in [1.29, 1.82) is 0 Å². The van der Waals surface area contributed by atoms with Gasteiger partial charge >= 0.3 is 0 Å². The minimum atomic E-state index is -0.648. The predicted molar refractivity (Wildman–Crippen MR) is 111 cm³/mol. The number of rotatable bonds is 2. The first-order valence-electron chi connectivity index (χ1n) is 11.7. The van der Waals surface area contributed by atoms with Gasteiger partial charge in [0.25, 0.3) is 0 Å². The van der Waals surface area contributed by atoms with E-state index in [1.807, 2.05) is 0 Å². The molecule has 1 saturated heterocycles. The lowest BCUT2D eigenvalue weighted by atomic mass is 9.74. The number of nitrogens with zero attached hydrogens (tertiary/aromatic N) is 2. The lowest BCUT2D eigenvalue weighted by Gasteiger charge is -2.49. The first-order chi connectivity index (χ1) is 13.7. The van der Waals surface area contributed by atoms with Crippen LogP contribution in [0.5, 0.6) is 0 Å². The molecule has 28 heavy (non-hydrogen) atoms. The summed E-state index contributed by atoms with van der Waals surface area (Å²) in [4.78, 5) is 5.52. The summed E-state index contributed by atoms with van der Waals surface area (Å²) in [6, 6.07) is 10.2. The van der Waals surface area contributed by atoms with E-state index in [0.29, 0.717) is 12.5 Å². The molecule has 2 aliphatic heterocycles. The summed E-state index contributed by atoms with van der Waals surface area (Å²) in [5.74, 6) is 0. The van der Waals surface area contributed by atoms with Gasteiger partial charge in [-0.3, -0.25) is 9.80 Å². The van der Waals surface area contributed by atoms with E-state index in [2.05, 4.69) is 34.1 Å². The Morgan fingerprint density at radius 3 is 2.11 bits per heavy atom. The molecule has 0 unspecified atom stereocenters. The number of hydrogen-bond donors (Lipinski definition) is 1. The number of ether oxygens (including phenoxy) is 1. The van der Waals surface area contributed by atoms with Crippen molar-refractivity contribution in [3.8, 4) is 0 Å². The van der Waals surface area contributed by atoms with Crippen LogP contribution in [0.25, 0.3) is 0 Å². The smallest absolute Gasteiger partial charge is 0.159 e. The fourth-order valence-corrected chi connectivity index (χ4v) is 6.43. The van der Waals surface area contributed by atoms with E-state index < -0.39 is 6.29 Å². The summed E-state index contributed by atoms with van der Waals surface area (Å²) < 4.78 is 6.20. The standard InChI is InChI=1S/C24H36N2O2/c27-23-18-19-6-4-5-9-22(19)24(28-23)12-10-21(11-13-24)26-16-14-25(15-17-26)20-7-2-1-3-8-20/h4-6,9,20-21,23,27H,1-3,7-8,10-18H2/t21?,23-,24?/m1/s1. The number of aliphatic hydroxyl groups is 1. The van der Waals surface area contributed by atoms with E-state index in [1.165, 1.54) is 82.3 Å². The van der Waals surface area contributed by atoms with Crippen molar-refractivity contribution < 1.29 is 9.84 Å². The maximum Gasteiger partial charge on any atom is 0.159 e. The maximum atomic E-state index is 10.3. The number of piperazine rings is 1. The molecular weight excluding hydrogens is 348 g/mol. The molecule has 3 fully saturated rings. The van der Waals surface area contributed by atoms with Crippen molar-refractivity contribution in [3.63, 3.8) is 0 Å². The van der Waals surface area contributed by atoms with Crippen molar-refractivity contribution in [2.45, 2.75) is 88.2 Å². The van der Waals surface area contributed by atoms with E-state index in [-0.39, 0.29) is 5.60 Å². The zero-order valence-electron chi connectivity index (χ0n) is 17.2. The molecule has 4 aliphatic rings. The molecule has 0 radical (unpaired) electrons. The van der Waals surface area contributed by atoms with E-state index in [4.69, 9.17) is 4.74 Å². The van der Waals surface area contributed by atoms with Crippen LogP contribution in [-0.4, -0.2) is 59.5 Å². The minimum absolute atomic E-state index is 0.255. The van der Waals surface area contributed by atoms with Gasteiger partial charge in [0.1, 0.15) is 0 Å². The molecule has 1 atom stereocenters. The zero-order valence-corrected chi connectivity index (χ0v) is 17.2. The van der Waals surface area contributed by atoms with Gasteiger partial charge in [-0.05, 0) is 49.7 Å². The number of hydrogen-bond acceptors (Lipinski definition) is 4. The monoisotopic (exact) mass is 384 g/mol. The molecular formula is C24H36N2O2. The molecule has 5 rings (SSSR count). The van der Waals surface area contributed by atoms with Crippen molar-refractivity contribution in [1.82, 2.24) is 9.80 Å². The lowest BCUT2D eigenvalue weighted by Crippen LogP contribution is -2.55. The highest BCUT2D eigenvalue weighted by atomic mass is 16.6. The van der Waals surface area contributed by atoms with Crippen LogP contribution in [0.15, 0.2) is 24.3 Å². The summed E-state index contributed by atoms with van der Waals surface area (Å²) in [5, 5.41) is 10.3. The molecule has 2 saturated carbocycles. The topological polar surface area (TPSA) is 35.9 Å². The summed E-state index contributed by atoms with van der Waals surface area (Å²) >= 11 is 0. The van der Waals surface area contributed by atoms with Crippen molar-refractivity contribution in [2.24, 2.45) is 0 Å². The normalized spacial score (nSPS) is 35.8. The van der Waals surface area contributed by atoms with Gasteiger partial charge in [-0.25, -0.2) is 0 Å². The van der Waals surface area contributed by atoms with Gasteiger partial charge in [0.15, 0.2) is 6.29 Å². The Bertz CT molecular complexity index is 656. The van der Waals surface area contributed by atoms with Crippen LogP contribution in [-0.2, 0) is 16.8 Å². The van der Waals surface area contributed by atoms with Gasteiger partial charge < -0.3 is 9.84 Å². The van der Waals surface area contributed by atoms with E-state index in [9.17, 15) is 5.11 Å². The predicted octanol–water partition coefficient (Wildman–Crippen LogP) is 3.67. The zero-order chi connectivity index (χ0) is 19.0. The highest BCUT2D eigenvalue weighted by molar-refractivity contribution is 5.35. The number of aliphatic hydroxyl groups excluding tert-OH is 1. The molecule has 0 amide bonds. The fraction of sp³-hybridized carbons (Fsp3) is 0.750. The highest BCUT2D eigenvalue weighted by Crippen LogP contribution is 2.46. The first kappa shape index (κ1) is 19.0. The molecule has 1 spiro atoms. The first-order valence-corrected chi connectivity index (χ1v) is 11.7. The molecule has 2 aliphatic carbocycles. The average Bonchev–Trinajstić information content (AvgIpc) is 2.75. The van der Waals surface area contributed by atoms with Crippen LogP contribution in [0.4, 0.5) is 0 Å². The molecule has 1 N–H and O–H groups in total. The Labute approximate surface area is 169 Å². The number of fused-ring (bicyclic) bond motifs is 2. The van der Waals surface area contributed by atoms with Gasteiger partial charge in [-0.15, -0.1) is 0 Å². The Kier molecular flexibility index (Phi) is 5.48. The van der Waals surface area contributed by atoms with E-state index in [1.54, 1.807) is 0 Å². The Morgan fingerprint density at radius 1 is 0.821 bits per heavy atom. The van der Waals surface area contributed by atoms with Crippen molar-refractivity contribution in [3.05, 3.63) is 35.4 Å². The second kappa shape index (κ2) is 8.06. The second-order valence-electron chi connectivity index (χ2n) is 9.52. The molecule has 4 heteroatoms. The Morgan fingerprint density at radius 2 is 1.43 bits per heavy atom. The Hall–Kier alpha value is -0.940. The largest absolute Gasteiger partial charge is 0.368 e. The quantitative estimate of drug-likeness (QED) is 0.844. The Balaban J connectivity index is 1.19. The van der Waals surface area contributed by atoms with Crippen LogP contribution in [0.3, 0.4) is 0 Å². The molecule has 1 aromatic rings. The summed E-state index contributed by atoms with van der Waals surface area (Å²) in [5.41, 5.74) is 2.36. The summed E-state index contributed by atoms with van der Waals surface area (Å²) in [7, 11) is 0. The van der Waals surface area contributed by atoms with Gasteiger partial charge in [0, 0.05) is 44.7 Å². The van der Waals surface area contributed by atoms with Crippen LogP contribution in [0, 0.1) is 0 Å². The van der Waals surface area contributed by atoms with Crippen molar-refractivity contribution >= 4 is 0 Å². The molecule has 0 bridgehead atoms. The van der Waals surface area contributed by atoms with E-state index >= 15 is 0 Å². The summed E-state index contributed by atoms with van der Waals surface area (Å²) in [6.07, 6.45) is 11.6. The second-order valence-corrected chi connectivity index (χ2v) is 9.52. The minimum Gasteiger partial charge on any atom is -0.368 e. The third kappa shape index (κ3) is 3.65. The van der Waals surface area contributed by atoms with Gasteiger partial charge in [-0.2, -0.15) is 0 Å². The average molecular weight is 385 g/mol. The molecule has 1 aromatic carbocycles. The van der Waals surface area contributed by atoms with E-state index in [0.717, 1.165) is 18.9 Å². The fourth-order valence-electron chi connectivity index (χ4n) is 6.43. The molecule has 154 valence electrons. The van der Waals surface area contributed by atoms with Crippen LogP contribution < -0.4 is 0 Å². The summed E-state index contributed by atoms with van der Waals surface area (Å²) in [6.45, 7) is 4.97. The number of benzene rings is 1.